The molecule has 0 aliphatic carbocycles. The molecule has 38 heavy (non-hydrogen) atoms. The summed E-state index contributed by atoms with van der Waals surface area (Å²) in [6.45, 7) is 0. The van der Waals surface area contributed by atoms with Crippen LogP contribution in [0.3, 0.4) is 0 Å². The number of nitrogens with zero attached hydrogens (tertiary/aromatic N) is 1. The number of methoxy groups -OCH3 is 1. The van der Waals surface area contributed by atoms with E-state index in [1.807, 2.05) is 54.6 Å². The number of rotatable bonds is 11. The van der Waals surface area contributed by atoms with Gasteiger partial charge < -0.3 is 14.8 Å². The average molecular weight is 513 g/mol. The summed E-state index contributed by atoms with van der Waals surface area (Å²) in [5.41, 5.74) is 3.20. The van der Waals surface area contributed by atoms with Crippen molar-refractivity contribution < 1.29 is 28.7 Å². The molecule has 0 fully saturated rings. The first-order valence-corrected chi connectivity index (χ1v) is 12.4. The molecule has 8 nitrogen and oxygen atoms in total. The van der Waals surface area contributed by atoms with Gasteiger partial charge in [-0.05, 0) is 41.7 Å². The highest BCUT2D eigenvalue weighted by Crippen LogP contribution is 2.27. The highest BCUT2D eigenvalue weighted by atomic mass is 16.5. The summed E-state index contributed by atoms with van der Waals surface area (Å²) in [5, 5.41) is 2.65. The molecule has 3 amide bonds. The van der Waals surface area contributed by atoms with Crippen LogP contribution >= 0.6 is 0 Å². The van der Waals surface area contributed by atoms with Gasteiger partial charge >= 0.3 is 5.97 Å². The quantitative estimate of drug-likeness (QED) is 0.182. The van der Waals surface area contributed by atoms with Gasteiger partial charge in [0.05, 0.1) is 18.2 Å². The number of hydrogen-bond donors (Lipinski definition) is 1. The van der Waals surface area contributed by atoms with Crippen LogP contribution in [0.2, 0.25) is 0 Å². The van der Waals surface area contributed by atoms with E-state index in [-0.39, 0.29) is 30.4 Å². The Hall–Kier alpha value is -4.59. The largest absolute Gasteiger partial charge is 0.467 e. The van der Waals surface area contributed by atoms with Gasteiger partial charge in [-0.15, -0.1) is 0 Å². The van der Waals surface area contributed by atoms with Crippen molar-refractivity contribution in [3.05, 3.63) is 95.6 Å². The Morgan fingerprint density at radius 2 is 1.45 bits per heavy atom. The van der Waals surface area contributed by atoms with Gasteiger partial charge in [0.2, 0.25) is 5.91 Å². The van der Waals surface area contributed by atoms with Crippen LogP contribution < -0.4 is 5.32 Å². The SMILES string of the molecule is COC(=O)C(CCCC=O)NC(=O)C(Cc1ccc(-c2ccccc2)cc1)N1C(=O)c2ccccc2C1=O. The maximum Gasteiger partial charge on any atom is 0.328 e. The van der Waals surface area contributed by atoms with E-state index in [2.05, 4.69) is 5.32 Å². The first-order valence-electron chi connectivity index (χ1n) is 12.4. The van der Waals surface area contributed by atoms with E-state index in [9.17, 15) is 24.0 Å². The molecule has 1 heterocycles. The summed E-state index contributed by atoms with van der Waals surface area (Å²) in [6.07, 6.45) is 1.55. The zero-order chi connectivity index (χ0) is 27.1. The number of benzene rings is 3. The number of aldehydes is 1. The lowest BCUT2D eigenvalue weighted by Gasteiger charge is -2.27. The Labute approximate surface area is 220 Å². The third-order valence-electron chi connectivity index (χ3n) is 6.55. The van der Waals surface area contributed by atoms with Crippen LogP contribution in [0, 0.1) is 0 Å². The summed E-state index contributed by atoms with van der Waals surface area (Å²) in [5.74, 6) is -2.46. The van der Waals surface area contributed by atoms with Crippen molar-refractivity contribution in [2.45, 2.75) is 37.8 Å². The van der Waals surface area contributed by atoms with E-state index < -0.39 is 35.8 Å². The van der Waals surface area contributed by atoms with Crippen LogP contribution in [0.5, 0.6) is 0 Å². The number of fused-ring (bicyclic) bond motifs is 1. The predicted molar refractivity (Wildman–Crippen MR) is 140 cm³/mol. The number of unbranched alkanes of at least 4 members (excludes halogenated alkanes) is 1. The topological polar surface area (TPSA) is 110 Å². The maximum absolute atomic E-state index is 13.6. The number of nitrogens with one attached hydrogen (secondary N) is 1. The Morgan fingerprint density at radius 3 is 2.03 bits per heavy atom. The lowest BCUT2D eigenvalue weighted by Crippen LogP contribution is -2.54. The average Bonchev–Trinajstić information content (AvgIpc) is 3.21. The van der Waals surface area contributed by atoms with Crippen molar-refractivity contribution in [1.82, 2.24) is 10.2 Å². The summed E-state index contributed by atoms with van der Waals surface area (Å²) in [4.78, 5) is 64.2. The number of hydrogen-bond acceptors (Lipinski definition) is 6. The van der Waals surface area contributed by atoms with Gasteiger partial charge in [-0.25, -0.2) is 4.79 Å². The number of carbonyl (C=O) groups is 5. The first-order chi connectivity index (χ1) is 18.4. The first kappa shape index (κ1) is 26.5. The van der Waals surface area contributed by atoms with Crippen LogP contribution in [0.25, 0.3) is 11.1 Å². The van der Waals surface area contributed by atoms with Gasteiger partial charge in [-0.3, -0.25) is 19.3 Å². The lowest BCUT2D eigenvalue weighted by molar-refractivity contribution is -0.145. The molecule has 0 radical (unpaired) electrons. The van der Waals surface area contributed by atoms with E-state index in [1.165, 1.54) is 7.11 Å². The smallest absolute Gasteiger partial charge is 0.328 e. The molecule has 1 aliphatic heterocycles. The molecule has 2 atom stereocenters. The minimum Gasteiger partial charge on any atom is -0.467 e. The van der Waals surface area contributed by atoms with Gasteiger partial charge in [-0.2, -0.15) is 0 Å². The van der Waals surface area contributed by atoms with Crippen molar-refractivity contribution in [3.8, 4) is 11.1 Å². The highest BCUT2D eigenvalue weighted by Gasteiger charge is 2.43. The molecule has 0 spiro atoms. The molecule has 194 valence electrons. The Morgan fingerprint density at radius 1 is 0.868 bits per heavy atom. The molecule has 1 N–H and O–H groups in total. The summed E-state index contributed by atoms with van der Waals surface area (Å²) in [6, 6.07) is 21.5. The number of esters is 1. The fourth-order valence-corrected chi connectivity index (χ4v) is 4.54. The highest BCUT2D eigenvalue weighted by molar-refractivity contribution is 6.23. The van der Waals surface area contributed by atoms with Gasteiger partial charge in [0.15, 0.2) is 0 Å². The summed E-state index contributed by atoms with van der Waals surface area (Å²) < 4.78 is 4.83. The number of imide groups is 1. The number of ether oxygens (including phenoxy) is 1. The normalized spacial score (nSPS) is 14.0. The van der Waals surface area contributed by atoms with Crippen LogP contribution in [-0.2, 0) is 25.5 Å². The zero-order valence-electron chi connectivity index (χ0n) is 21.0. The van der Waals surface area contributed by atoms with Crippen molar-refractivity contribution >= 4 is 30.0 Å². The molecule has 0 bridgehead atoms. The van der Waals surface area contributed by atoms with Crippen molar-refractivity contribution in [3.63, 3.8) is 0 Å². The minimum absolute atomic E-state index is 0.0502. The molecule has 4 rings (SSSR count). The molecular formula is C30H28N2O6. The molecular weight excluding hydrogens is 484 g/mol. The van der Waals surface area contributed by atoms with Crippen LogP contribution in [0.1, 0.15) is 45.5 Å². The van der Waals surface area contributed by atoms with Gasteiger partial charge in [0.25, 0.3) is 11.8 Å². The second kappa shape index (κ2) is 12.1. The molecule has 1 aliphatic rings. The predicted octanol–water partition coefficient (Wildman–Crippen LogP) is 3.59. The van der Waals surface area contributed by atoms with E-state index in [0.29, 0.717) is 6.42 Å². The fourth-order valence-electron chi connectivity index (χ4n) is 4.54. The molecule has 2 unspecified atom stereocenters. The van der Waals surface area contributed by atoms with E-state index >= 15 is 0 Å². The van der Waals surface area contributed by atoms with Gasteiger partial charge in [0.1, 0.15) is 18.4 Å². The third-order valence-corrected chi connectivity index (χ3v) is 6.55. The standard InChI is InChI=1S/C30H28N2O6/c1-38-30(37)25(13-7-8-18-33)31-27(34)26(32-28(35)23-11-5-6-12-24(23)29(32)36)19-20-14-16-22(17-15-20)21-9-3-2-4-10-21/h2-6,9-12,14-18,25-26H,7-8,13,19H2,1H3,(H,31,34). The Balaban J connectivity index is 1.63. The molecule has 0 saturated heterocycles. The van der Waals surface area contributed by atoms with E-state index in [1.54, 1.807) is 24.3 Å². The van der Waals surface area contributed by atoms with Crippen molar-refractivity contribution in [2.24, 2.45) is 0 Å². The maximum atomic E-state index is 13.6. The molecule has 8 heteroatoms. The second-order valence-electron chi connectivity index (χ2n) is 8.99. The zero-order valence-corrected chi connectivity index (χ0v) is 21.0. The molecule has 3 aromatic rings. The number of carbonyl (C=O) groups excluding carboxylic acids is 5. The monoisotopic (exact) mass is 512 g/mol. The van der Waals surface area contributed by atoms with Crippen LogP contribution in [0.4, 0.5) is 0 Å². The second-order valence-corrected chi connectivity index (χ2v) is 8.99. The summed E-state index contributed by atoms with van der Waals surface area (Å²) in [7, 11) is 1.21. The molecule has 0 saturated carbocycles. The van der Waals surface area contributed by atoms with E-state index in [4.69, 9.17) is 4.74 Å². The Bertz CT molecular complexity index is 1300. The van der Waals surface area contributed by atoms with Gasteiger partial charge in [-0.1, -0.05) is 66.7 Å². The van der Waals surface area contributed by atoms with Crippen molar-refractivity contribution in [1.29, 1.82) is 0 Å². The molecule has 3 aromatic carbocycles. The van der Waals surface area contributed by atoms with Crippen molar-refractivity contribution in [2.75, 3.05) is 7.11 Å². The van der Waals surface area contributed by atoms with Crippen LogP contribution in [0.15, 0.2) is 78.9 Å². The summed E-state index contributed by atoms with van der Waals surface area (Å²) >= 11 is 0. The lowest BCUT2D eigenvalue weighted by atomic mass is 9.99. The number of amides is 3. The Kier molecular flexibility index (Phi) is 8.43. The fraction of sp³-hybridized carbons (Fsp3) is 0.233. The van der Waals surface area contributed by atoms with E-state index in [0.717, 1.165) is 27.9 Å². The third kappa shape index (κ3) is 5.70. The molecule has 0 aromatic heterocycles. The minimum atomic E-state index is -1.21. The van der Waals surface area contributed by atoms with Crippen LogP contribution in [-0.4, -0.2) is 54.1 Å². The van der Waals surface area contributed by atoms with Gasteiger partial charge in [0, 0.05) is 12.8 Å².